The molecule has 0 bridgehead atoms. The first-order valence-electron chi connectivity index (χ1n) is 7.32. The van der Waals surface area contributed by atoms with Crippen LogP contribution in [-0.4, -0.2) is 17.0 Å². The summed E-state index contributed by atoms with van der Waals surface area (Å²) in [5.41, 5.74) is 1.72. The number of hydrogen-bond acceptors (Lipinski definition) is 4. The van der Waals surface area contributed by atoms with Crippen LogP contribution in [0.5, 0.6) is 5.75 Å². The van der Waals surface area contributed by atoms with Crippen molar-refractivity contribution in [3.8, 4) is 5.75 Å². The molecule has 0 aromatic heterocycles. The Morgan fingerprint density at radius 2 is 1.83 bits per heavy atom. The number of carboxylic acid groups (broad SMARTS) is 1. The second kappa shape index (κ2) is 6.52. The molecule has 2 atom stereocenters. The normalized spacial score (nSPS) is 20.1. The molecule has 1 fully saturated rings. The minimum Gasteiger partial charge on any atom is -0.489 e. The van der Waals surface area contributed by atoms with Gasteiger partial charge in [-0.3, -0.25) is 9.59 Å². The van der Waals surface area contributed by atoms with E-state index in [-0.39, 0.29) is 6.42 Å². The number of benzene rings is 2. The topological polar surface area (TPSA) is 72.8 Å². The third kappa shape index (κ3) is 3.51. The SMILES string of the molecule is O=C1C[C@H](C(=O)O)[C@@H](c2ccc(OCc3ccccc3)cc2)O1. The smallest absolute Gasteiger partial charge is 0.311 e. The molecule has 1 heterocycles. The van der Waals surface area contributed by atoms with Crippen LogP contribution in [0.25, 0.3) is 0 Å². The molecular formula is C18H16O5. The maximum atomic E-state index is 11.4. The van der Waals surface area contributed by atoms with E-state index in [2.05, 4.69) is 0 Å². The van der Waals surface area contributed by atoms with Gasteiger partial charge in [-0.1, -0.05) is 42.5 Å². The number of ether oxygens (including phenoxy) is 2. The van der Waals surface area contributed by atoms with Gasteiger partial charge in [0.05, 0.1) is 6.42 Å². The van der Waals surface area contributed by atoms with Crippen LogP contribution in [0.1, 0.15) is 23.7 Å². The minimum absolute atomic E-state index is 0.0910. The van der Waals surface area contributed by atoms with Crippen molar-refractivity contribution in [2.45, 2.75) is 19.1 Å². The molecule has 2 aromatic carbocycles. The largest absolute Gasteiger partial charge is 0.489 e. The first-order chi connectivity index (χ1) is 11.1. The molecule has 0 aliphatic carbocycles. The fourth-order valence-electron chi connectivity index (χ4n) is 2.57. The number of hydrogen-bond donors (Lipinski definition) is 1. The summed E-state index contributed by atoms with van der Waals surface area (Å²) < 4.78 is 10.8. The predicted molar refractivity (Wildman–Crippen MR) is 81.8 cm³/mol. The van der Waals surface area contributed by atoms with Crippen LogP contribution in [-0.2, 0) is 20.9 Å². The predicted octanol–water partition coefficient (Wildman–Crippen LogP) is 2.95. The third-order valence-electron chi connectivity index (χ3n) is 3.78. The van der Waals surface area contributed by atoms with Gasteiger partial charge in [0, 0.05) is 0 Å². The zero-order chi connectivity index (χ0) is 16.2. The second-order valence-electron chi connectivity index (χ2n) is 5.40. The van der Waals surface area contributed by atoms with Gasteiger partial charge in [-0.25, -0.2) is 0 Å². The Morgan fingerprint density at radius 3 is 2.48 bits per heavy atom. The van der Waals surface area contributed by atoms with E-state index in [1.165, 1.54) is 0 Å². The molecule has 0 unspecified atom stereocenters. The van der Waals surface area contributed by atoms with Gasteiger partial charge >= 0.3 is 11.9 Å². The standard InChI is InChI=1S/C18H16O5/c19-16-10-15(18(20)21)17(23-16)13-6-8-14(9-7-13)22-11-12-4-2-1-3-5-12/h1-9,15,17H,10-11H2,(H,20,21)/t15-,17+/m0/s1. The van der Waals surface area contributed by atoms with E-state index >= 15 is 0 Å². The van der Waals surface area contributed by atoms with Gasteiger partial charge in [0.15, 0.2) is 0 Å². The van der Waals surface area contributed by atoms with Crippen LogP contribution in [0.15, 0.2) is 54.6 Å². The summed E-state index contributed by atoms with van der Waals surface area (Å²) in [6.45, 7) is 0.455. The van der Waals surface area contributed by atoms with Crippen molar-refractivity contribution in [2.24, 2.45) is 5.92 Å². The zero-order valence-corrected chi connectivity index (χ0v) is 12.3. The average Bonchev–Trinajstić information content (AvgIpc) is 2.97. The second-order valence-corrected chi connectivity index (χ2v) is 5.40. The van der Waals surface area contributed by atoms with Crippen LogP contribution in [0.2, 0.25) is 0 Å². The van der Waals surface area contributed by atoms with Crippen molar-refractivity contribution < 1.29 is 24.2 Å². The number of aliphatic carboxylic acids is 1. The zero-order valence-electron chi connectivity index (χ0n) is 12.3. The first kappa shape index (κ1) is 15.1. The van der Waals surface area contributed by atoms with Crippen molar-refractivity contribution in [1.82, 2.24) is 0 Å². The quantitative estimate of drug-likeness (QED) is 0.859. The van der Waals surface area contributed by atoms with Gasteiger partial charge in [-0.05, 0) is 23.3 Å². The summed E-state index contributed by atoms with van der Waals surface area (Å²) in [5, 5.41) is 9.17. The van der Waals surface area contributed by atoms with Gasteiger partial charge in [-0.15, -0.1) is 0 Å². The Labute approximate surface area is 133 Å². The highest BCUT2D eigenvalue weighted by Crippen LogP contribution is 2.36. The third-order valence-corrected chi connectivity index (χ3v) is 3.78. The van der Waals surface area contributed by atoms with Gasteiger partial charge in [0.2, 0.25) is 0 Å². The van der Waals surface area contributed by atoms with E-state index in [4.69, 9.17) is 9.47 Å². The summed E-state index contributed by atoms with van der Waals surface area (Å²) in [5.74, 6) is -1.66. The number of carboxylic acids is 1. The summed E-state index contributed by atoms with van der Waals surface area (Å²) in [6, 6.07) is 16.8. The average molecular weight is 312 g/mol. The van der Waals surface area contributed by atoms with Crippen molar-refractivity contribution >= 4 is 11.9 Å². The summed E-state index contributed by atoms with van der Waals surface area (Å²) in [7, 11) is 0. The highest BCUT2D eigenvalue weighted by Gasteiger charge is 2.40. The van der Waals surface area contributed by atoms with E-state index < -0.39 is 24.0 Å². The summed E-state index contributed by atoms with van der Waals surface area (Å²) >= 11 is 0. The molecule has 5 nitrogen and oxygen atoms in total. The fraction of sp³-hybridized carbons (Fsp3) is 0.222. The van der Waals surface area contributed by atoms with Gasteiger partial charge in [-0.2, -0.15) is 0 Å². The molecule has 1 aliphatic rings. The van der Waals surface area contributed by atoms with Gasteiger partial charge in [0.1, 0.15) is 24.4 Å². The maximum Gasteiger partial charge on any atom is 0.311 e. The highest BCUT2D eigenvalue weighted by molar-refractivity contribution is 5.82. The Hall–Kier alpha value is -2.82. The number of carbonyl (C=O) groups excluding carboxylic acids is 1. The lowest BCUT2D eigenvalue weighted by Gasteiger charge is -2.15. The first-order valence-corrected chi connectivity index (χ1v) is 7.32. The van der Waals surface area contributed by atoms with Crippen LogP contribution < -0.4 is 4.74 Å². The molecule has 23 heavy (non-hydrogen) atoms. The molecular weight excluding hydrogens is 296 g/mol. The molecule has 0 saturated carbocycles. The lowest BCUT2D eigenvalue weighted by Crippen LogP contribution is -2.17. The number of esters is 1. The molecule has 1 aliphatic heterocycles. The van der Waals surface area contributed by atoms with E-state index in [0.717, 1.165) is 5.56 Å². The molecule has 1 saturated heterocycles. The fourth-order valence-corrected chi connectivity index (χ4v) is 2.57. The summed E-state index contributed by atoms with van der Waals surface area (Å²) in [6.07, 6.45) is -0.824. The highest BCUT2D eigenvalue weighted by atomic mass is 16.6. The molecule has 5 heteroatoms. The Bertz CT molecular complexity index is 693. The van der Waals surface area contributed by atoms with Crippen molar-refractivity contribution in [3.63, 3.8) is 0 Å². The number of cyclic esters (lactones) is 1. The molecule has 1 N–H and O–H groups in total. The van der Waals surface area contributed by atoms with Gasteiger partial charge < -0.3 is 14.6 Å². The lowest BCUT2D eigenvalue weighted by atomic mass is 9.95. The number of rotatable bonds is 5. The Balaban J connectivity index is 1.67. The molecule has 3 rings (SSSR count). The molecule has 0 spiro atoms. The summed E-state index contributed by atoms with van der Waals surface area (Å²) in [4.78, 5) is 22.6. The van der Waals surface area contributed by atoms with Crippen LogP contribution in [0.4, 0.5) is 0 Å². The monoisotopic (exact) mass is 312 g/mol. The van der Waals surface area contributed by atoms with Crippen molar-refractivity contribution in [3.05, 3.63) is 65.7 Å². The van der Waals surface area contributed by atoms with Crippen LogP contribution in [0.3, 0.4) is 0 Å². The van der Waals surface area contributed by atoms with E-state index in [0.29, 0.717) is 17.9 Å². The van der Waals surface area contributed by atoms with Gasteiger partial charge in [0.25, 0.3) is 0 Å². The molecule has 0 radical (unpaired) electrons. The van der Waals surface area contributed by atoms with Crippen LogP contribution >= 0.6 is 0 Å². The van der Waals surface area contributed by atoms with Crippen molar-refractivity contribution in [1.29, 1.82) is 0 Å². The lowest BCUT2D eigenvalue weighted by molar-refractivity contribution is -0.144. The minimum atomic E-state index is -1.02. The molecule has 2 aromatic rings. The van der Waals surface area contributed by atoms with E-state index in [1.54, 1.807) is 24.3 Å². The van der Waals surface area contributed by atoms with Crippen molar-refractivity contribution in [2.75, 3.05) is 0 Å². The number of carbonyl (C=O) groups is 2. The van der Waals surface area contributed by atoms with Crippen LogP contribution in [0, 0.1) is 5.92 Å². The van der Waals surface area contributed by atoms with E-state index in [9.17, 15) is 14.7 Å². The maximum absolute atomic E-state index is 11.4. The molecule has 118 valence electrons. The van der Waals surface area contributed by atoms with E-state index in [1.807, 2.05) is 30.3 Å². The molecule has 0 amide bonds. The Morgan fingerprint density at radius 1 is 1.13 bits per heavy atom. The Kier molecular flexibility index (Phi) is 4.28.